The highest BCUT2D eigenvalue weighted by atomic mass is 15.0. The molecule has 0 atom stereocenters. The van der Waals surface area contributed by atoms with Gasteiger partial charge < -0.3 is 11.1 Å². The van der Waals surface area contributed by atoms with Gasteiger partial charge in [-0.1, -0.05) is 0 Å². The maximum absolute atomic E-state index is 5.50. The summed E-state index contributed by atoms with van der Waals surface area (Å²) >= 11 is 0. The van der Waals surface area contributed by atoms with Crippen molar-refractivity contribution in [2.45, 2.75) is 6.92 Å². The van der Waals surface area contributed by atoms with Crippen LogP contribution in [0.1, 0.15) is 5.69 Å². The second kappa shape index (κ2) is 2.51. The molecule has 0 radical (unpaired) electrons. The maximum Gasteiger partial charge on any atom is 0.168 e. The molecule has 0 saturated heterocycles. The van der Waals surface area contributed by atoms with Crippen LogP contribution in [-0.4, -0.2) is 17.0 Å². The minimum atomic E-state index is 0.447. The van der Waals surface area contributed by atoms with Crippen molar-refractivity contribution in [1.29, 1.82) is 0 Å². The number of nitrogen functional groups attached to an aromatic ring is 1. The van der Waals surface area contributed by atoms with E-state index >= 15 is 0 Å². The Balaban J connectivity index is 3.07. The average Bonchev–Trinajstić information content (AvgIpc) is 1.88. The van der Waals surface area contributed by atoms with E-state index < -0.39 is 0 Å². The fraction of sp³-hybridized carbons (Fsp3) is 0.333. The third kappa shape index (κ3) is 1.15. The third-order valence-electron chi connectivity index (χ3n) is 1.16. The van der Waals surface area contributed by atoms with Gasteiger partial charge in [0.15, 0.2) is 11.6 Å². The van der Waals surface area contributed by atoms with Gasteiger partial charge in [-0.15, -0.1) is 0 Å². The number of nitrogens with two attached hydrogens (primary N) is 1. The fourth-order valence-electron chi connectivity index (χ4n) is 0.689. The van der Waals surface area contributed by atoms with Crippen LogP contribution in [0.15, 0.2) is 6.20 Å². The number of aryl methyl sites for hydroxylation is 1. The van der Waals surface area contributed by atoms with E-state index in [2.05, 4.69) is 15.3 Å². The van der Waals surface area contributed by atoms with Crippen LogP contribution in [0.3, 0.4) is 0 Å². The maximum atomic E-state index is 5.50. The number of anilines is 2. The largest absolute Gasteiger partial charge is 0.381 e. The number of aromatic nitrogens is 2. The molecule has 1 aromatic heterocycles. The smallest absolute Gasteiger partial charge is 0.168 e. The third-order valence-corrected chi connectivity index (χ3v) is 1.16. The molecule has 54 valence electrons. The summed E-state index contributed by atoms with van der Waals surface area (Å²) in [6.07, 6.45) is 1.67. The summed E-state index contributed by atoms with van der Waals surface area (Å²) in [5.74, 6) is 1.08. The molecule has 0 aliphatic heterocycles. The summed E-state index contributed by atoms with van der Waals surface area (Å²) in [6.45, 7) is 1.85. The topological polar surface area (TPSA) is 63.8 Å². The van der Waals surface area contributed by atoms with Crippen LogP contribution in [0, 0.1) is 6.92 Å². The lowest BCUT2D eigenvalue weighted by molar-refractivity contribution is 1.12. The Morgan fingerprint density at radius 3 is 2.80 bits per heavy atom. The lowest BCUT2D eigenvalue weighted by atomic mass is 10.5. The normalized spacial score (nSPS) is 9.40. The first kappa shape index (κ1) is 6.80. The summed E-state index contributed by atoms with van der Waals surface area (Å²) in [7, 11) is 1.76. The van der Waals surface area contributed by atoms with Crippen LogP contribution in [0.5, 0.6) is 0 Å². The van der Waals surface area contributed by atoms with Crippen LogP contribution in [0.25, 0.3) is 0 Å². The Morgan fingerprint density at radius 2 is 2.30 bits per heavy atom. The molecule has 10 heavy (non-hydrogen) atoms. The van der Waals surface area contributed by atoms with Gasteiger partial charge in [0.25, 0.3) is 0 Å². The van der Waals surface area contributed by atoms with Crippen LogP contribution in [0.4, 0.5) is 11.6 Å². The summed E-state index contributed by atoms with van der Waals surface area (Å²) in [4.78, 5) is 7.99. The van der Waals surface area contributed by atoms with Crippen molar-refractivity contribution < 1.29 is 0 Å². The molecule has 0 aliphatic rings. The average molecular weight is 138 g/mol. The van der Waals surface area contributed by atoms with E-state index in [4.69, 9.17) is 5.73 Å². The van der Waals surface area contributed by atoms with Crippen LogP contribution < -0.4 is 11.1 Å². The van der Waals surface area contributed by atoms with Crippen molar-refractivity contribution in [3.8, 4) is 0 Å². The van der Waals surface area contributed by atoms with Crippen molar-refractivity contribution in [3.05, 3.63) is 11.9 Å². The van der Waals surface area contributed by atoms with Gasteiger partial charge in [0.1, 0.15) is 0 Å². The van der Waals surface area contributed by atoms with Crippen LogP contribution in [0.2, 0.25) is 0 Å². The Morgan fingerprint density at radius 1 is 1.60 bits per heavy atom. The van der Waals surface area contributed by atoms with Crippen molar-refractivity contribution >= 4 is 11.6 Å². The predicted molar refractivity (Wildman–Crippen MR) is 40.7 cm³/mol. The Hall–Kier alpha value is -1.32. The molecule has 0 saturated carbocycles. The minimum Gasteiger partial charge on any atom is -0.381 e. The van der Waals surface area contributed by atoms with Crippen molar-refractivity contribution in [3.63, 3.8) is 0 Å². The molecule has 1 rings (SSSR count). The highest BCUT2D eigenvalue weighted by Gasteiger charge is 1.97. The molecule has 0 fully saturated rings. The van der Waals surface area contributed by atoms with E-state index in [1.807, 2.05) is 6.92 Å². The molecule has 0 bridgehead atoms. The molecule has 0 aliphatic carbocycles. The van der Waals surface area contributed by atoms with E-state index in [1.165, 1.54) is 0 Å². The molecule has 1 aromatic rings. The Kier molecular flexibility index (Phi) is 1.71. The summed E-state index contributed by atoms with van der Waals surface area (Å²) < 4.78 is 0. The first-order valence-corrected chi connectivity index (χ1v) is 3.01. The van der Waals surface area contributed by atoms with Gasteiger partial charge in [0, 0.05) is 7.05 Å². The van der Waals surface area contributed by atoms with Crippen LogP contribution in [-0.2, 0) is 0 Å². The zero-order valence-electron chi connectivity index (χ0n) is 6.05. The van der Waals surface area contributed by atoms with Gasteiger partial charge in [-0.05, 0) is 6.92 Å². The summed E-state index contributed by atoms with van der Waals surface area (Å²) in [5.41, 5.74) is 6.33. The summed E-state index contributed by atoms with van der Waals surface area (Å²) in [6, 6.07) is 0. The molecule has 1 heterocycles. The number of nitrogens with one attached hydrogen (secondary N) is 1. The van der Waals surface area contributed by atoms with E-state index in [1.54, 1.807) is 13.2 Å². The quantitative estimate of drug-likeness (QED) is 0.590. The van der Waals surface area contributed by atoms with Gasteiger partial charge in [-0.2, -0.15) is 0 Å². The molecule has 0 amide bonds. The predicted octanol–water partition coefficient (Wildman–Crippen LogP) is 0.409. The summed E-state index contributed by atoms with van der Waals surface area (Å²) in [5, 5.41) is 2.82. The molecule has 0 unspecified atom stereocenters. The lowest BCUT2D eigenvalue weighted by Crippen LogP contribution is -2.01. The van der Waals surface area contributed by atoms with Gasteiger partial charge in [-0.25, -0.2) is 9.97 Å². The van der Waals surface area contributed by atoms with Gasteiger partial charge in [-0.3, -0.25) is 0 Å². The molecule has 0 aromatic carbocycles. The van der Waals surface area contributed by atoms with E-state index in [9.17, 15) is 0 Å². The second-order valence-electron chi connectivity index (χ2n) is 2.00. The van der Waals surface area contributed by atoms with Crippen molar-refractivity contribution in [2.24, 2.45) is 0 Å². The Labute approximate surface area is 59.5 Å². The highest BCUT2D eigenvalue weighted by Crippen LogP contribution is 2.09. The zero-order chi connectivity index (χ0) is 7.56. The molecule has 4 nitrogen and oxygen atoms in total. The van der Waals surface area contributed by atoms with Crippen molar-refractivity contribution in [1.82, 2.24) is 9.97 Å². The molecule has 0 spiro atoms. The zero-order valence-corrected chi connectivity index (χ0v) is 6.05. The first-order valence-electron chi connectivity index (χ1n) is 3.01. The van der Waals surface area contributed by atoms with Crippen LogP contribution >= 0.6 is 0 Å². The molecule has 4 heteroatoms. The standard InChI is InChI=1S/C6H10N4/c1-4-3-9-6(8-2)5(7)10-4/h3H,1-2H3,(H2,7,10)(H,8,9). The van der Waals surface area contributed by atoms with Gasteiger partial charge in [0.05, 0.1) is 11.9 Å². The molecular weight excluding hydrogens is 128 g/mol. The number of hydrogen-bond donors (Lipinski definition) is 2. The monoisotopic (exact) mass is 138 g/mol. The van der Waals surface area contributed by atoms with Gasteiger partial charge in [0.2, 0.25) is 0 Å². The fourth-order valence-corrected chi connectivity index (χ4v) is 0.689. The molecule has 3 N–H and O–H groups in total. The SMILES string of the molecule is CNc1ncc(C)nc1N. The van der Waals surface area contributed by atoms with E-state index in [-0.39, 0.29) is 0 Å². The number of nitrogens with zero attached hydrogens (tertiary/aromatic N) is 2. The second-order valence-corrected chi connectivity index (χ2v) is 2.00. The van der Waals surface area contributed by atoms with Crippen molar-refractivity contribution in [2.75, 3.05) is 18.1 Å². The number of rotatable bonds is 1. The van der Waals surface area contributed by atoms with Gasteiger partial charge >= 0.3 is 0 Å². The minimum absolute atomic E-state index is 0.447. The van der Waals surface area contributed by atoms with E-state index in [0.717, 1.165) is 5.69 Å². The molecular formula is C6H10N4. The number of hydrogen-bond acceptors (Lipinski definition) is 4. The van der Waals surface area contributed by atoms with E-state index in [0.29, 0.717) is 11.6 Å². The lowest BCUT2D eigenvalue weighted by Gasteiger charge is -2.01. The highest BCUT2D eigenvalue weighted by molar-refractivity contribution is 5.54. The Bertz CT molecular complexity index is 233. The first-order chi connectivity index (χ1) is 4.74.